The molecular weight excluding hydrogens is 196 g/mol. The topological polar surface area (TPSA) is 12.5 Å². The average molecular weight is 220 g/mol. The lowest BCUT2D eigenvalue weighted by molar-refractivity contribution is 0.303. The molecule has 0 amide bonds. The predicted octanol–water partition coefficient (Wildman–Crippen LogP) is 4.25. The minimum absolute atomic E-state index is 0.261. The standard InChI is InChI=1S/C15H24O/c1-11(2)6-5-7-12(3)13-8-9-15(4)14(10-13)16-15/h6-7,13-14H,5,8-10H2,1-4H3/b12-7-/t13-,14-,15+/m1/s1. The quantitative estimate of drug-likeness (QED) is 0.512. The maximum absolute atomic E-state index is 5.75. The zero-order valence-corrected chi connectivity index (χ0v) is 11.0. The minimum atomic E-state index is 0.261. The first-order valence-electron chi connectivity index (χ1n) is 6.49. The van der Waals surface area contributed by atoms with Gasteiger partial charge in [0.05, 0.1) is 11.7 Å². The molecule has 2 fully saturated rings. The van der Waals surface area contributed by atoms with Gasteiger partial charge in [0.15, 0.2) is 0 Å². The van der Waals surface area contributed by atoms with Gasteiger partial charge in [-0.05, 0) is 59.3 Å². The van der Waals surface area contributed by atoms with Crippen LogP contribution in [0.3, 0.4) is 0 Å². The lowest BCUT2D eigenvalue weighted by Crippen LogP contribution is -2.21. The molecule has 1 nitrogen and oxygen atoms in total. The first-order chi connectivity index (χ1) is 7.51. The Morgan fingerprint density at radius 2 is 2.06 bits per heavy atom. The number of allylic oxidation sites excluding steroid dienone is 4. The Morgan fingerprint density at radius 3 is 2.69 bits per heavy atom. The zero-order valence-electron chi connectivity index (χ0n) is 11.0. The number of fused-ring (bicyclic) bond motifs is 1. The summed E-state index contributed by atoms with van der Waals surface area (Å²) >= 11 is 0. The summed E-state index contributed by atoms with van der Waals surface area (Å²) in [5.41, 5.74) is 3.23. The van der Waals surface area contributed by atoms with E-state index in [0.717, 1.165) is 12.3 Å². The van der Waals surface area contributed by atoms with Gasteiger partial charge >= 0.3 is 0 Å². The van der Waals surface area contributed by atoms with Crippen molar-refractivity contribution in [1.82, 2.24) is 0 Å². The molecule has 1 aliphatic heterocycles. The molecule has 16 heavy (non-hydrogen) atoms. The normalized spacial score (nSPS) is 37.9. The van der Waals surface area contributed by atoms with Gasteiger partial charge in [0.2, 0.25) is 0 Å². The smallest absolute Gasteiger partial charge is 0.0920 e. The van der Waals surface area contributed by atoms with Gasteiger partial charge in [-0.2, -0.15) is 0 Å². The Bertz CT molecular complexity index is 322. The third-order valence-electron chi connectivity index (χ3n) is 4.13. The van der Waals surface area contributed by atoms with Crippen LogP contribution in [0, 0.1) is 5.92 Å². The number of rotatable bonds is 3. The molecule has 0 N–H and O–H groups in total. The molecule has 1 saturated heterocycles. The molecule has 0 radical (unpaired) electrons. The summed E-state index contributed by atoms with van der Waals surface area (Å²) in [6, 6.07) is 0. The molecule has 0 aromatic carbocycles. The highest BCUT2D eigenvalue weighted by Gasteiger charge is 2.55. The van der Waals surface area contributed by atoms with Crippen molar-refractivity contribution in [2.24, 2.45) is 5.92 Å². The fourth-order valence-electron chi connectivity index (χ4n) is 2.71. The van der Waals surface area contributed by atoms with Crippen LogP contribution in [0.25, 0.3) is 0 Å². The van der Waals surface area contributed by atoms with Crippen LogP contribution in [0.4, 0.5) is 0 Å². The van der Waals surface area contributed by atoms with Crippen molar-refractivity contribution < 1.29 is 4.74 Å². The maximum Gasteiger partial charge on any atom is 0.0920 e. The molecule has 0 aromatic heterocycles. The van der Waals surface area contributed by atoms with Crippen molar-refractivity contribution in [1.29, 1.82) is 0 Å². The van der Waals surface area contributed by atoms with Crippen LogP contribution in [0.1, 0.15) is 53.4 Å². The lowest BCUT2D eigenvalue weighted by Gasteiger charge is -2.23. The van der Waals surface area contributed by atoms with Gasteiger partial charge in [0.25, 0.3) is 0 Å². The highest BCUT2D eigenvalue weighted by atomic mass is 16.6. The van der Waals surface area contributed by atoms with E-state index in [-0.39, 0.29) is 5.60 Å². The van der Waals surface area contributed by atoms with Crippen LogP contribution in [0.2, 0.25) is 0 Å². The summed E-state index contributed by atoms with van der Waals surface area (Å²) in [7, 11) is 0. The Hall–Kier alpha value is -0.560. The van der Waals surface area contributed by atoms with E-state index >= 15 is 0 Å². The van der Waals surface area contributed by atoms with Crippen LogP contribution in [-0.4, -0.2) is 11.7 Å². The largest absolute Gasteiger partial charge is 0.366 e. The first-order valence-corrected chi connectivity index (χ1v) is 6.49. The second kappa shape index (κ2) is 4.37. The molecule has 1 aliphatic carbocycles. The van der Waals surface area contributed by atoms with Gasteiger partial charge in [0.1, 0.15) is 0 Å². The third kappa shape index (κ3) is 2.57. The molecule has 1 heterocycles. The predicted molar refractivity (Wildman–Crippen MR) is 68.4 cm³/mol. The van der Waals surface area contributed by atoms with E-state index in [1.807, 2.05) is 0 Å². The summed E-state index contributed by atoms with van der Waals surface area (Å²) < 4.78 is 5.75. The van der Waals surface area contributed by atoms with E-state index in [4.69, 9.17) is 4.74 Å². The van der Waals surface area contributed by atoms with Gasteiger partial charge in [-0.25, -0.2) is 0 Å². The van der Waals surface area contributed by atoms with Gasteiger partial charge < -0.3 is 4.74 Å². The fourth-order valence-corrected chi connectivity index (χ4v) is 2.71. The maximum atomic E-state index is 5.75. The number of ether oxygens (including phenoxy) is 1. The van der Waals surface area contributed by atoms with Crippen molar-refractivity contribution in [3.8, 4) is 0 Å². The molecule has 2 aliphatic rings. The molecule has 3 atom stereocenters. The van der Waals surface area contributed by atoms with E-state index in [1.165, 1.54) is 24.8 Å². The second-order valence-corrected chi connectivity index (χ2v) is 5.86. The molecule has 1 saturated carbocycles. The fraction of sp³-hybridized carbons (Fsp3) is 0.733. The summed E-state index contributed by atoms with van der Waals surface area (Å²) in [5, 5.41) is 0. The van der Waals surface area contributed by atoms with Crippen LogP contribution in [0.5, 0.6) is 0 Å². The van der Waals surface area contributed by atoms with E-state index in [2.05, 4.69) is 39.8 Å². The van der Waals surface area contributed by atoms with Crippen LogP contribution in [0.15, 0.2) is 23.3 Å². The molecule has 0 spiro atoms. The van der Waals surface area contributed by atoms with Crippen LogP contribution in [-0.2, 0) is 4.74 Å². The summed E-state index contributed by atoms with van der Waals surface area (Å²) in [6.45, 7) is 8.87. The third-order valence-corrected chi connectivity index (χ3v) is 4.13. The molecule has 2 rings (SSSR count). The molecule has 0 unspecified atom stereocenters. The van der Waals surface area contributed by atoms with Gasteiger partial charge in [0, 0.05) is 0 Å². The van der Waals surface area contributed by atoms with Crippen molar-refractivity contribution in [2.45, 2.75) is 65.1 Å². The van der Waals surface area contributed by atoms with Gasteiger partial charge in [-0.1, -0.05) is 23.3 Å². The van der Waals surface area contributed by atoms with Crippen LogP contribution >= 0.6 is 0 Å². The summed E-state index contributed by atoms with van der Waals surface area (Å²) in [5.74, 6) is 0.770. The Morgan fingerprint density at radius 1 is 1.31 bits per heavy atom. The van der Waals surface area contributed by atoms with Gasteiger partial charge in [-0.15, -0.1) is 0 Å². The Labute approximate surface area is 99.6 Å². The Balaban J connectivity index is 1.86. The van der Waals surface area contributed by atoms with E-state index in [1.54, 1.807) is 5.57 Å². The van der Waals surface area contributed by atoms with Crippen molar-refractivity contribution in [3.05, 3.63) is 23.3 Å². The number of hydrogen-bond donors (Lipinski definition) is 0. The van der Waals surface area contributed by atoms with E-state index < -0.39 is 0 Å². The SMILES string of the molecule is CC(C)=CC/C=C(/C)[C@@H]1CC[C@]2(C)O[C@@H]2C1. The summed E-state index contributed by atoms with van der Waals surface area (Å²) in [6.07, 6.45) is 10.1. The second-order valence-electron chi connectivity index (χ2n) is 5.86. The molecule has 90 valence electrons. The van der Waals surface area contributed by atoms with Gasteiger partial charge in [-0.3, -0.25) is 0 Å². The minimum Gasteiger partial charge on any atom is -0.366 e. The number of hydrogen-bond acceptors (Lipinski definition) is 1. The highest BCUT2D eigenvalue weighted by Crippen LogP contribution is 2.50. The van der Waals surface area contributed by atoms with E-state index in [9.17, 15) is 0 Å². The molecule has 0 aromatic rings. The van der Waals surface area contributed by atoms with Crippen molar-refractivity contribution >= 4 is 0 Å². The highest BCUT2D eigenvalue weighted by molar-refractivity contribution is 5.14. The van der Waals surface area contributed by atoms with Crippen LogP contribution < -0.4 is 0 Å². The zero-order chi connectivity index (χ0) is 11.8. The first kappa shape index (κ1) is 11.9. The van der Waals surface area contributed by atoms with Crippen molar-refractivity contribution in [2.75, 3.05) is 0 Å². The monoisotopic (exact) mass is 220 g/mol. The number of epoxide rings is 1. The van der Waals surface area contributed by atoms with Crippen molar-refractivity contribution in [3.63, 3.8) is 0 Å². The molecule has 1 heteroatoms. The Kier molecular flexibility index (Phi) is 3.25. The van der Waals surface area contributed by atoms with E-state index in [0.29, 0.717) is 6.10 Å². The average Bonchev–Trinajstić information content (AvgIpc) is 2.87. The lowest BCUT2D eigenvalue weighted by atomic mass is 9.79. The molecule has 0 bridgehead atoms. The molecular formula is C15H24O. The summed E-state index contributed by atoms with van der Waals surface area (Å²) in [4.78, 5) is 0.